The Labute approximate surface area is 352 Å². The van der Waals surface area contributed by atoms with Crippen molar-refractivity contribution in [2.75, 3.05) is 20.8 Å². The predicted octanol–water partition coefficient (Wildman–Crippen LogP) is 7.99. The van der Waals surface area contributed by atoms with E-state index in [0.717, 1.165) is 77.1 Å². The normalized spacial score (nSPS) is 22.9. The minimum Gasteiger partial charge on any atom is -0.453 e. The van der Waals surface area contributed by atoms with Crippen molar-refractivity contribution in [2.24, 2.45) is 28.7 Å². The van der Waals surface area contributed by atoms with Gasteiger partial charge in [-0.3, -0.25) is 14.6 Å². The largest absolute Gasteiger partial charge is 0.453 e. The van der Waals surface area contributed by atoms with Crippen LogP contribution < -0.4 is 10.6 Å². The number of nitrogens with one attached hydrogen (secondary N) is 4. The number of alkyl carbamates (subject to hydrolysis) is 1. The van der Waals surface area contributed by atoms with Crippen molar-refractivity contribution in [3.63, 3.8) is 0 Å². The molecule has 2 aromatic heterocycles. The molecule has 3 unspecified atom stereocenters. The Morgan fingerprint density at radius 2 is 1.45 bits per heavy atom. The summed E-state index contributed by atoms with van der Waals surface area (Å²) in [4.78, 5) is 62.2. The molecule has 3 amide bonds. The third-order valence-electron chi connectivity index (χ3n) is 12.8. The lowest BCUT2D eigenvalue weighted by Crippen LogP contribution is -2.54. The van der Waals surface area contributed by atoms with Crippen molar-refractivity contribution in [3.8, 4) is 33.6 Å². The molecule has 316 valence electrons. The molecule has 1 aliphatic heterocycles. The number of hydrogen-bond acceptors (Lipinski definition) is 8. The number of hydrogen-bond donors (Lipinski definition) is 4. The number of aromatic amines is 2. The van der Waals surface area contributed by atoms with Crippen LogP contribution >= 0.6 is 0 Å². The number of H-pyrrole nitrogens is 2. The Kier molecular flexibility index (Phi) is 13.1. The number of imidazole rings is 2. The SMILES string of the molecule is C=N/C=C(\C=C/C)[C@@H](NC(=O)C1C2CCC(C2)[C@H]1c1ncc(-c2ccc(-c3ccc(-c4cnc([C@@H]5CCCN5C(=O)[C@@H](NC(=O)OC)[C@@H](C)OC)[nH]4)cc3)cc2)[nH]1)C(C)C. The molecule has 1 saturated heterocycles. The molecule has 13 nitrogen and oxygen atoms in total. The van der Waals surface area contributed by atoms with Gasteiger partial charge in [0.2, 0.25) is 11.8 Å². The molecule has 0 radical (unpaired) electrons. The van der Waals surface area contributed by atoms with E-state index in [-0.39, 0.29) is 41.7 Å². The molecule has 3 aliphatic rings. The van der Waals surface area contributed by atoms with E-state index < -0.39 is 18.2 Å². The number of methoxy groups -OCH3 is 2. The monoisotopic (exact) mass is 814 g/mol. The zero-order chi connectivity index (χ0) is 42.5. The van der Waals surface area contributed by atoms with Crippen LogP contribution in [0.3, 0.4) is 0 Å². The van der Waals surface area contributed by atoms with Gasteiger partial charge in [0.05, 0.1) is 55.0 Å². The molecular weight excluding hydrogens is 757 g/mol. The molecule has 3 heterocycles. The maximum absolute atomic E-state index is 14.1. The van der Waals surface area contributed by atoms with Gasteiger partial charge >= 0.3 is 6.09 Å². The van der Waals surface area contributed by atoms with E-state index in [1.54, 1.807) is 24.2 Å². The standard InChI is InChI=1S/C47H58N8O5/c1-8-10-35(24-48-5)41(27(2)3)53-45(56)40-34-21-20-33(23-34)39(40)44-50-26-37(52-44)32-18-14-30(15-19-32)29-12-16-31(17-13-29)36-25-49-43(51-36)38-11-9-22-55(38)46(57)42(28(4)59-6)54-47(58)60-7/h8,10,12-19,24-28,33-34,38-42H,5,9,11,20-23H2,1-4,6-7H3,(H,49,51)(H,50,52)(H,53,56)(H,54,58)/b10-8-,35-24+/t28-,33?,34?,38+,39-,40?,41+,42+/m1/s1. The Balaban J connectivity index is 1.02. The van der Waals surface area contributed by atoms with Crippen molar-refractivity contribution in [1.29, 1.82) is 0 Å². The minimum atomic E-state index is -0.889. The summed E-state index contributed by atoms with van der Waals surface area (Å²) in [6, 6.07) is 15.5. The molecule has 4 N–H and O–H groups in total. The van der Waals surface area contributed by atoms with Crippen LogP contribution in [0.5, 0.6) is 0 Å². The summed E-state index contributed by atoms with van der Waals surface area (Å²) >= 11 is 0. The maximum atomic E-state index is 14.1. The first-order chi connectivity index (χ1) is 29.0. The number of fused-ring (bicyclic) bond motifs is 2. The summed E-state index contributed by atoms with van der Waals surface area (Å²) < 4.78 is 10.2. The molecule has 0 spiro atoms. The number of likely N-dealkylation sites (tertiary alicyclic amines) is 1. The first-order valence-electron chi connectivity index (χ1n) is 21.1. The molecule has 3 fully saturated rings. The average Bonchev–Trinajstić information content (AvgIpc) is 4.13. The van der Waals surface area contributed by atoms with Gasteiger partial charge in [-0.25, -0.2) is 14.8 Å². The first-order valence-corrected chi connectivity index (χ1v) is 21.1. The second-order valence-electron chi connectivity index (χ2n) is 16.7. The number of carbonyl (C=O) groups excluding carboxylic acids is 3. The van der Waals surface area contributed by atoms with Crippen LogP contribution in [0.4, 0.5) is 4.79 Å². The summed E-state index contributed by atoms with van der Waals surface area (Å²) in [5.41, 5.74) is 6.90. The lowest BCUT2D eigenvalue weighted by atomic mass is 9.78. The van der Waals surface area contributed by atoms with Gasteiger partial charge in [0.1, 0.15) is 17.7 Å². The van der Waals surface area contributed by atoms with Crippen LogP contribution in [-0.2, 0) is 19.1 Å². The van der Waals surface area contributed by atoms with Crippen LogP contribution in [0.1, 0.15) is 83.4 Å². The van der Waals surface area contributed by atoms with E-state index in [1.807, 2.05) is 25.3 Å². The highest BCUT2D eigenvalue weighted by Crippen LogP contribution is 2.56. The molecule has 2 saturated carbocycles. The van der Waals surface area contributed by atoms with E-state index in [0.29, 0.717) is 24.2 Å². The summed E-state index contributed by atoms with van der Waals surface area (Å²) in [5, 5.41) is 6.03. The topological polar surface area (TPSA) is 167 Å². The van der Waals surface area contributed by atoms with E-state index >= 15 is 0 Å². The van der Waals surface area contributed by atoms with Crippen molar-refractivity contribution in [2.45, 2.75) is 89.9 Å². The molecule has 2 aromatic carbocycles. The second kappa shape index (κ2) is 18.6. The number of allylic oxidation sites excluding steroid dienone is 1. The highest BCUT2D eigenvalue weighted by atomic mass is 16.5. The maximum Gasteiger partial charge on any atom is 0.407 e. The first kappa shape index (κ1) is 42.3. The van der Waals surface area contributed by atoms with Gasteiger partial charge in [-0.1, -0.05) is 74.5 Å². The Hall–Kier alpha value is -5.82. The quantitative estimate of drug-likeness (QED) is 0.0697. The van der Waals surface area contributed by atoms with Crippen LogP contribution in [0, 0.1) is 23.7 Å². The van der Waals surface area contributed by atoms with Gasteiger partial charge in [-0.15, -0.1) is 0 Å². The summed E-state index contributed by atoms with van der Waals surface area (Å²) in [7, 11) is 2.77. The van der Waals surface area contributed by atoms with Crippen molar-refractivity contribution in [1.82, 2.24) is 35.5 Å². The highest BCUT2D eigenvalue weighted by molar-refractivity contribution is 5.87. The van der Waals surface area contributed by atoms with Crippen molar-refractivity contribution >= 4 is 24.6 Å². The predicted molar refractivity (Wildman–Crippen MR) is 233 cm³/mol. The van der Waals surface area contributed by atoms with Gasteiger partial charge in [-0.05, 0) is 98.2 Å². The smallest absolute Gasteiger partial charge is 0.407 e. The van der Waals surface area contributed by atoms with Crippen LogP contribution in [0.25, 0.3) is 33.6 Å². The summed E-state index contributed by atoms with van der Waals surface area (Å²) in [6.07, 6.45) is 13.0. The zero-order valence-electron chi connectivity index (χ0n) is 35.5. The molecule has 2 aliphatic carbocycles. The fourth-order valence-electron chi connectivity index (χ4n) is 9.66. The van der Waals surface area contributed by atoms with Crippen molar-refractivity contribution < 1.29 is 23.9 Å². The molecular formula is C47H58N8O5. The van der Waals surface area contributed by atoms with Gasteiger partial charge < -0.3 is 35.0 Å². The number of rotatable bonds is 15. The Morgan fingerprint density at radius 3 is 2.03 bits per heavy atom. The Morgan fingerprint density at radius 1 is 0.850 bits per heavy atom. The van der Waals surface area contributed by atoms with E-state index in [4.69, 9.17) is 14.5 Å². The molecule has 60 heavy (non-hydrogen) atoms. The van der Waals surface area contributed by atoms with Crippen LogP contribution in [0.2, 0.25) is 0 Å². The number of carbonyl (C=O) groups is 3. The number of aromatic nitrogens is 4. The third-order valence-corrected chi connectivity index (χ3v) is 12.8. The van der Waals surface area contributed by atoms with E-state index in [1.165, 1.54) is 14.2 Å². The summed E-state index contributed by atoms with van der Waals surface area (Å²) in [6.45, 7) is 12.1. The molecule has 7 rings (SSSR count). The molecule has 2 bridgehead atoms. The lowest BCUT2D eigenvalue weighted by Gasteiger charge is -2.32. The van der Waals surface area contributed by atoms with Gasteiger partial charge in [0.15, 0.2) is 0 Å². The van der Waals surface area contributed by atoms with E-state index in [2.05, 4.69) is 99.7 Å². The van der Waals surface area contributed by atoms with Gasteiger partial charge in [0, 0.05) is 25.8 Å². The highest BCUT2D eigenvalue weighted by Gasteiger charge is 2.53. The Bertz CT molecular complexity index is 2210. The number of nitrogens with zero attached hydrogens (tertiary/aromatic N) is 4. The van der Waals surface area contributed by atoms with Crippen LogP contribution in [-0.4, -0.2) is 88.4 Å². The molecule has 13 heteroatoms. The average molecular weight is 815 g/mol. The lowest BCUT2D eigenvalue weighted by molar-refractivity contribution is -0.137. The molecule has 8 atom stereocenters. The number of benzene rings is 2. The second-order valence-corrected chi connectivity index (χ2v) is 16.7. The number of aliphatic imine (C=N–C) groups is 1. The fraction of sp³-hybridized carbons (Fsp3) is 0.447. The third kappa shape index (κ3) is 8.72. The number of ether oxygens (including phenoxy) is 2. The van der Waals surface area contributed by atoms with Gasteiger partial charge in [-0.2, -0.15) is 0 Å². The van der Waals surface area contributed by atoms with Gasteiger partial charge in [0.25, 0.3) is 0 Å². The molecule has 4 aromatic rings. The zero-order valence-corrected chi connectivity index (χ0v) is 35.5. The van der Waals surface area contributed by atoms with Crippen molar-refractivity contribution in [3.05, 3.63) is 96.5 Å². The minimum absolute atomic E-state index is 0.0488. The number of amides is 3. The van der Waals surface area contributed by atoms with Crippen LogP contribution in [0.15, 0.2) is 89.8 Å². The van der Waals surface area contributed by atoms with E-state index in [9.17, 15) is 14.4 Å². The fourth-order valence-corrected chi connectivity index (χ4v) is 9.66. The summed E-state index contributed by atoms with van der Waals surface area (Å²) in [5.74, 6) is 2.34.